The van der Waals surface area contributed by atoms with E-state index in [0.717, 1.165) is 17.8 Å². The van der Waals surface area contributed by atoms with Crippen LogP contribution in [0.2, 0.25) is 10.0 Å². The zero-order valence-electron chi connectivity index (χ0n) is 18.9. The minimum absolute atomic E-state index is 0.0129. The Bertz CT molecular complexity index is 1230. The summed E-state index contributed by atoms with van der Waals surface area (Å²) >= 11 is 14.2. The van der Waals surface area contributed by atoms with Gasteiger partial charge in [0.25, 0.3) is 5.91 Å². The Morgan fingerprint density at radius 3 is 2.24 bits per heavy atom. The molecule has 0 bridgehead atoms. The van der Waals surface area contributed by atoms with Gasteiger partial charge < -0.3 is 5.32 Å². The summed E-state index contributed by atoms with van der Waals surface area (Å²) in [6, 6.07) is 19.7. The van der Waals surface area contributed by atoms with Crippen molar-refractivity contribution in [3.05, 3.63) is 99.0 Å². The first-order valence-electron chi connectivity index (χ1n) is 10.6. The number of halogens is 2. The predicted octanol–water partition coefficient (Wildman–Crippen LogP) is 5.93. The summed E-state index contributed by atoms with van der Waals surface area (Å²) in [6.45, 7) is 2.62. The summed E-state index contributed by atoms with van der Waals surface area (Å²) in [7, 11) is -3.62. The SMILES string of the molecule is Cc1ccccc1CSCCNC(=O)c1ccc(N(Cc2c(Cl)cccc2Cl)S(C)(=O)=O)cc1. The molecule has 0 saturated heterocycles. The second-order valence-electron chi connectivity index (χ2n) is 7.75. The normalized spacial score (nSPS) is 11.3. The molecular formula is C25H26Cl2N2O3S2. The standard InChI is InChI=1S/C25H26Cl2N2O3S2/c1-18-6-3-4-7-20(18)17-33-15-14-28-25(30)19-10-12-21(13-11-19)29(34(2,31)32)16-22-23(26)8-5-9-24(22)27/h3-13H,14-17H2,1-2H3,(H,28,30). The van der Waals surface area contributed by atoms with Crippen LogP contribution >= 0.6 is 35.0 Å². The highest BCUT2D eigenvalue weighted by molar-refractivity contribution is 7.98. The van der Waals surface area contributed by atoms with E-state index >= 15 is 0 Å². The minimum Gasteiger partial charge on any atom is -0.351 e. The maximum Gasteiger partial charge on any atom is 0.251 e. The van der Waals surface area contributed by atoms with Crippen LogP contribution in [-0.4, -0.2) is 32.9 Å². The van der Waals surface area contributed by atoms with Gasteiger partial charge in [-0.15, -0.1) is 0 Å². The van der Waals surface area contributed by atoms with Crippen molar-refractivity contribution in [1.82, 2.24) is 5.32 Å². The van der Waals surface area contributed by atoms with Crippen LogP contribution < -0.4 is 9.62 Å². The fourth-order valence-electron chi connectivity index (χ4n) is 3.30. The molecule has 9 heteroatoms. The number of amides is 1. The number of hydrogen-bond acceptors (Lipinski definition) is 4. The fraction of sp³-hybridized carbons (Fsp3) is 0.240. The lowest BCUT2D eigenvalue weighted by Gasteiger charge is -2.23. The summed E-state index contributed by atoms with van der Waals surface area (Å²) in [5.74, 6) is 1.48. The average molecular weight is 538 g/mol. The van der Waals surface area contributed by atoms with Crippen LogP contribution in [-0.2, 0) is 22.3 Å². The molecule has 0 spiro atoms. The van der Waals surface area contributed by atoms with E-state index in [1.807, 2.05) is 12.1 Å². The van der Waals surface area contributed by atoms with E-state index in [4.69, 9.17) is 23.2 Å². The van der Waals surface area contributed by atoms with Gasteiger partial charge in [0.15, 0.2) is 0 Å². The number of aryl methyl sites for hydroxylation is 1. The molecule has 3 aromatic rings. The lowest BCUT2D eigenvalue weighted by molar-refractivity contribution is 0.0956. The molecular weight excluding hydrogens is 511 g/mol. The number of benzene rings is 3. The largest absolute Gasteiger partial charge is 0.351 e. The fourth-order valence-corrected chi connectivity index (χ4v) is 5.62. The number of thioether (sulfide) groups is 1. The third-order valence-corrected chi connectivity index (χ3v) is 8.09. The molecule has 5 nitrogen and oxygen atoms in total. The van der Waals surface area contributed by atoms with Crippen LogP contribution in [0.5, 0.6) is 0 Å². The first kappa shape index (κ1) is 26.4. The van der Waals surface area contributed by atoms with E-state index in [1.54, 1.807) is 54.2 Å². The summed E-state index contributed by atoms with van der Waals surface area (Å²) in [6.07, 6.45) is 1.12. The van der Waals surface area contributed by atoms with Crippen molar-refractivity contribution in [1.29, 1.82) is 0 Å². The van der Waals surface area contributed by atoms with Gasteiger partial charge in [-0.1, -0.05) is 53.5 Å². The Labute approximate surface area is 215 Å². The monoisotopic (exact) mass is 536 g/mol. The summed E-state index contributed by atoms with van der Waals surface area (Å²) < 4.78 is 26.1. The molecule has 0 radical (unpaired) electrons. The first-order chi connectivity index (χ1) is 16.2. The molecule has 0 unspecified atom stereocenters. The summed E-state index contributed by atoms with van der Waals surface area (Å²) in [5.41, 5.74) is 3.95. The topological polar surface area (TPSA) is 66.5 Å². The first-order valence-corrected chi connectivity index (χ1v) is 14.3. The van der Waals surface area contributed by atoms with E-state index in [2.05, 4.69) is 24.4 Å². The Balaban J connectivity index is 1.59. The van der Waals surface area contributed by atoms with Gasteiger partial charge in [0, 0.05) is 39.2 Å². The maximum atomic E-state index is 12.5. The van der Waals surface area contributed by atoms with Gasteiger partial charge >= 0.3 is 0 Å². The Morgan fingerprint density at radius 2 is 1.62 bits per heavy atom. The number of nitrogens with zero attached hydrogens (tertiary/aromatic N) is 1. The minimum atomic E-state index is -3.62. The molecule has 0 heterocycles. The molecule has 0 aliphatic carbocycles. The average Bonchev–Trinajstić information content (AvgIpc) is 2.79. The van der Waals surface area contributed by atoms with E-state index in [-0.39, 0.29) is 12.5 Å². The van der Waals surface area contributed by atoms with E-state index in [1.165, 1.54) is 15.4 Å². The Morgan fingerprint density at radius 1 is 0.971 bits per heavy atom. The van der Waals surface area contributed by atoms with Gasteiger partial charge in [-0.25, -0.2) is 8.42 Å². The van der Waals surface area contributed by atoms with Crippen LogP contribution in [0, 0.1) is 6.92 Å². The highest BCUT2D eigenvalue weighted by Gasteiger charge is 2.21. The highest BCUT2D eigenvalue weighted by atomic mass is 35.5. The molecule has 0 aliphatic rings. The number of anilines is 1. The van der Waals surface area contributed by atoms with Gasteiger partial charge in [0.05, 0.1) is 18.5 Å². The van der Waals surface area contributed by atoms with Crippen molar-refractivity contribution in [2.24, 2.45) is 0 Å². The Hall–Kier alpha value is -2.19. The molecule has 34 heavy (non-hydrogen) atoms. The van der Waals surface area contributed by atoms with Gasteiger partial charge in [0.1, 0.15) is 0 Å². The number of nitrogens with one attached hydrogen (secondary N) is 1. The van der Waals surface area contributed by atoms with Gasteiger partial charge in [-0.05, 0) is 54.4 Å². The molecule has 3 rings (SSSR count). The van der Waals surface area contributed by atoms with Gasteiger partial charge in [-0.2, -0.15) is 11.8 Å². The van der Waals surface area contributed by atoms with Gasteiger partial charge in [-0.3, -0.25) is 9.10 Å². The lowest BCUT2D eigenvalue weighted by Crippen LogP contribution is -2.30. The summed E-state index contributed by atoms with van der Waals surface area (Å²) in [4.78, 5) is 12.5. The third-order valence-electron chi connectivity index (χ3n) is 5.23. The number of hydrogen-bond donors (Lipinski definition) is 1. The molecule has 0 fully saturated rings. The highest BCUT2D eigenvalue weighted by Crippen LogP contribution is 2.29. The number of sulfonamides is 1. The molecule has 0 saturated carbocycles. The molecule has 0 aromatic heterocycles. The number of rotatable bonds is 10. The van der Waals surface area contributed by atoms with Crippen LogP contribution in [0.1, 0.15) is 27.0 Å². The van der Waals surface area contributed by atoms with Crippen molar-refractivity contribution >= 4 is 56.6 Å². The molecule has 0 aliphatic heterocycles. The molecule has 0 atom stereocenters. The zero-order valence-corrected chi connectivity index (χ0v) is 22.1. The van der Waals surface area contributed by atoms with Crippen molar-refractivity contribution in [2.45, 2.75) is 19.2 Å². The van der Waals surface area contributed by atoms with E-state index in [0.29, 0.717) is 33.4 Å². The van der Waals surface area contributed by atoms with Crippen molar-refractivity contribution in [3.63, 3.8) is 0 Å². The third kappa shape index (κ3) is 7.15. The summed E-state index contributed by atoms with van der Waals surface area (Å²) in [5, 5.41) is 3.68. The second-order valence-corrected chi connectivity index (χ2v) is 11.6. The zero-order chi connectivity index (χ0) is 24.7. The van der Waals surface area contributed by atoms with Crippen LogP contribution in [0.4, 0.5) is 5.69 Å². The predicted molar refractivity (Wildman–Crippen MR) is 144 cm³/mol. The molecule has 1 N–H and O–H groups in total. The van der Waals surface area contributed by atoms with Crippen molar-refractivity contribution in [2.75, 3.05) is 22.9 Å². The smallest absolute Gasteiger partial charge is 0.251 e. The Kier molecular flexibility index (Phi) is 9.31. The molecule has 1 amide bonds. The number of carbonyl (C=O) groups excluding carboxylic acids is 1. The van der Waals surface area contributed by atoms with Crippen molar-refractivity contribution in [3.8, 4) is 0 Å². The van der Waals surface area contributed by atoms with E-state index < -0.39 is 10.0 Å². The lowest BCUT2D eigenvalue weighted by atomic mass is 10.1. The second kappa shape index (κ2) is 12.0. The molecule has 3 aromatic carbocycles. The maximum absolute atomic E-state index is 12.5. The number of carbonyl (C=O) groups is 1. The molecule has 180 valence electrons. The van der Waals surface area contributed by atoms with Crippen molar-refractivity contribution < 1.29 is 13.2 Å². The van der Waals surface area contributed by atoms with Crippen LogP contribution in [0.15, 0.2) is 66.7 Å². The van der Waals surface area contributed by atoms with E-state index in [9.17, 15) is 13.2 Å². The van der Waals surface area contributed by atoms with Gasteiger partial charge in [0.2, 0.25) is 10.0 Å². The quantitative estimate of drug-likeness (QED) is 0.326. The van der Waals surface area contributed by atoms with Crippen LogP contribution in [0.3, 0.4) is 0 Å². The van der Waals surface area contributed by atoms with Crippen LogP contribution in [0.25, 0.3) is 0 Å².